The summed E-state index contributed by atoms with van der Waals surface area (Å²) in [4.78, 5) is 11.5. The molecule has 2 rings (SSSR count). The van der Waals surface area contributed by atoms with Crippen LogP contribution in [0.4, 0.5) is 5.13 Å². The van der Waals surface area contributed by atoms with Crippen molar-refractivity contribution in [3.05, 3.63) is 35.3 Å². The number of carbonyl (C=O) groups is 1. The molecule has 1 aromatic carbocycles. The number of hydrogen-bond donors (Lipinski definition) is 1. The fourth-order valence-corrected chi connectivity index (χ4v) is 2.15. The van der Waals surface area contributed by atoms with Gasteiger partial charge in [-0.25, -0.2) is 0 Å². The molecule has 0 spiro atoms. The van der Waals surface area contributed by atoms with Gasteiger partial charge < -0.3 is 10.1 Å². The third-order valence-electron chi connectivity index (χ3n) is 2.55. The van der Waals surface area contributed by atoms with Crippen molar-refractivity contribution < 1.29 is 9.53 Å². The van der Waals surface area contributed by atoms with Crippen LogP contribution in [0.2, 0.25) is 0 Å². The van der Waals surface area contributed by atoms with Crippen molar-refractivity contribution in [2.75, 3.05) is 11.9 Å². The maximum absolute atomic E-state index is 11.5. The van der Waals surface area contributed by atoms with E-state index in [1.165, 1.54) is 11.3 Å². The third kappa shape index (κ3) is 4.31. The second-order valence-electron chi connectivity index (χ2n) is 4.56. The van der Waals surface area contributed by atoms with E-state index < -0.39 is 0 Å². The van der Waals surface area contributed by atoms with Crippen LogP contribution >= 0.6 is 11.3 Å². The van der Waals surface area contributed by atoms with Crippen molar-refractivity contribution in [1.82, 2.24) is 10.2 Å². The first-order valence-electron chi connectivity index (χ1n) is 6.46. The molecule has 0 aliphatic rings. The standard InChI is InChI=1S/C14H17N3O2S/c1-10(2)13(18)15-14-17-16-12(20-14)8-9-19-11-6-4-3-5-7-11/h3-7,10H,8-9H2,1-2H3,(H,15,17,18). The van der Waals surface area contributed by atoms with Crippen molar-refractivity contribution in [3.8, 4) is 5.75 Å². The summed E-state index contributed by atoms with van der Waals surface area (Å²) in [7, 11) is 0. The van der Waals surface area contributed by atoms with Gasteiger partial charge in [-0.3, -0.25) is 4.79 Å². The van der Waals surface area contributed by atoms with Gasteiger partial charge in [0.1, 0.15) is 10.8 Å². The molecule has 0 radical (unpaired) electrons. The number of benzene rings is 1. The molecule has 0 bridgehead atoms. The lowest BCUT2D eigenvalue weighted by Crippen LogP contribution is -2.17. The summed E-state index contributed by atoms with van der Waals surface area (Å²) < 4.78 is 5.59. The topological polar surface area (TPSA) is 64.1 Å². The van der Waals surface area contributed by atoms with Gasteiger partial charge in [0.15, 0.2) is 0 Å². The summed E-state index contributed by atoms with van der Waals surface area (Å²) in [5, 5.41) is 12.1. The van der Waals surface area contributed by atoms with E-state index in [4.69, 9.17) is 4.74 Å². The molecule has 0 saturated carbocycles. The Morgan fingerprint density at radius 1 is 1.30 bits per heavy atom. The molecule has 1 aromatic heterocycles. The van der Waals surface area contributed by atoms with E-state index in [1.807, 2.05) is 44.2 Å². The fraction of sp³-hybridized carbons (Fsp3) is 0.357. The number of hydrogen-bond acceptors (Lipinski definition) is 5. The molecular weight excluding hydrogens is 274 g/mol. The second kappa shape index (κ2) is 7.00. The molecule has 0 aliphatic carbocycles. The van der Waals surface area contributed by atoms with E-state index in [0.29, 0.717) is 18.2 Å². The van der Waals surface area contributed by atoms with Crippen molar-refractivity contribution in [1.29, 1.82) is 0 Å². The van der Waals surface area contributed by atoms with E-state index in [1.54, 1.807) is 0 Å². The number of rotatable bonds is 6. The molecule has 1 heterocycles. The zero-order valence-electron chi connectivity index (χ0n) is 11.5. The van der Waals surface area contributed by atoms with Gasteiger partial charge >= 0.3 is 0 Å². The lowest BCUT2D eigenvalue weighted by atomic mass is 10.2. The molecular formula is C14H17N3O2S. The van der Waals surface area contributed by atoms with Crippen LogP contribution in [-0.4, -0.2) is 22.7 Å². The number of amides is 1. The van der Waals surface area contributed by atoms with Crippen LogP contribution in [0.15, 0.2) is 30.3 Å². The summed E-state index contributed by atoms with van der Waals surface area (Å²) in [5.41, 5.74) is 0. The van der Waals surface area contributed by atoms with Crippen molar-refractivity contribution >= 4 is 22.4 Å². The summed E-state index contributed by atoms with van der Waals surface area (Å²) in [5.74, 6) is 0.724. The number of para-hydroxylation sites is 1. The maximum Gasteiger partial charge on any atom is 0.228 e. The fourth-order valence-electron chi connectivity index (χ4n) is 1.43. The lowest BCUT2D eigenvalue weighted by molar-refractivity contribution is -0.118. The predicted octanol–water partition coefficient (Wildman–Crippen LogP) is 2.75. The van der Waals surface area contributed by atoms with Gasteiger partial charge in [-0.15, -0.1) is 10.2 Å². The van der Waals surface area contributed by atoms with Gasteiger partial charge in [0, 0.05) is 12.3 Å². The maximum atomic E-state index is 11.5. The first kappa shape index (κ1) is 14.5. The Hall–Kier alpha value is -1.95. The van der Waals surface area contributed by atoms with Crippen molar-refractivity contribution in [2.45, 2.75) is 20.3 Å². The molecule has 6 heteroatoms. The molecule has 106 valence electrons. The van der Waals surface area contributed by atoms with Crippen LogP contribution in [0, 0.1) is 5.92 Å². The van der Waals surface area contributed by atoms with Crippen LogP contribution < -0.4 is 10.1 Å². The molecule has 0 aliphatic heterocycles. The first-order valence-corrected chi connectivity index (χ1v) is 7.28. The van der Waals surface area contributed by atoms with Gasteiger partial charge in [0.25, 0.3) is 0 Å². The molecule has 1 N–H and O–H groups in total. The number of aromatic nitrogens is 2. The Balaban J connectivity index is 1.80. The Bertz CT molecular complexity index is 555. The van der Waals surface area contributed by atoms with Gasteiger partial charge in [-0.1, -0.05) is 43.4 Å². The van der Waals surface area contributed by atoms with Crippen LogP contribution in [0.5, 0.6) is 5.75 Å². The number of anilines is 1. The monoisotopic (exact) mass is 291 g/mol. The third-order valence-corrected chi connectivity index (χ3v) is 3.45. The molecule has 0 fully saturated rings. The summed E-state index contributed by atoms with van der Waals surface area (Å²) in [6.07, 6.45) is 0.671. The average molecular weight is 291 g/mol. The highest BCUT2D eigenvalue weighted by atomic mass is 32.1. The molecule has 0 saturated heterocycles. The van der Waals surface area contributed by atoms with Gasteiger partial charge in [0.2, 0.25) is 11.0 Å². The van der Waals surface area contributed by atoms with Crippen LogP contribution in [0.1, 0.15) is 18.9 Å². The van der Waals surface area contributed by atoms with Gasteiger partial charge in [0.05, 0.1) is 6.61 Å². The minimum absolute atomic E-state index is 0.0479. The Kier molecular flexibility index (Phi) is 5.06. The van der Waals surface area contributed by atoms with E-state index in [2.05, 4.69) is 15.5 Å². The van der Waals surface area contributed by atoms with Crippen LogP contribution in [0.3, 0.4) is 0 Å². The molecule has 0 unspecified atom stereocenters. The van der Waals surface area contributed by atoms with Crippen molar-refractivity contribution in [3.63, 3.8) is 0 Å². The van der Waals surface area contributed by atoms with Gasteiger partial charge in [-0.05, 0) is 12.1 Å². The minimum atomic E-state index is -0.0660. The normalized spacial score (nSPS) is 10.6. The molecule has 0 atom stereocenters. The highest BCUT2D eigenvalue weighted by Gasteiger charge is 2.11. The van der Waals surface area contributed by atoms with E-state index in [0.717, 1.165) is 10.8 Å². The highest BCUT2D eigenvalue weighted by molar-refractivity contribution is 7.15. The average Bonchev–Trinajstić information content (AvgIpc) is 2.87. The van der Waals surface area contributed by atoms with E-state index in [-0.39, 0.29) is 11.8 Å². The van der Waals surface area contributed by atoms with Crippen LogP contribution in [0.25, 0.3) is 0 Å². The smallest absolute Gasteiger partial charge is 0.228 e. The zero-order chi connectivity index (χ0) is 14.4. The zero-order valence-corrected chi connectivity index (χ0v) is 12.3. The molecule has 2 aromatic rings. The number of ether oxygens (including phenoxy) is 1. The number of nitrogens with zero attached hydrogens (tertiary/aromatic N) is 2. The predicted molar refractivity (Wildman–Crippen MR) is 79.0 cm³/mol. The number of nitrogens with one attached hydrogen (secondary N) is 1. The van der Waals surface area contributed by atoms with Gasteiger partial charge in [-0.2, -0.15) is 0 Å². The number of carbonyl (C=O) groups excluding carboxylic acids is 1. The summed E-state index contributed by atoms with van der Waals surface area (Å²) in [6, 6.07) is 9.63. The van der Waals surface area contributed by atoms with E-state index >= 15 is 0 Å². The van der Waals surface area contributed by atoms with Crippen molar-refractivity contribution in [2.24, 2.45) is 5.92 Å². The Labute approximate surface area is 122 Å². The molecule has 20 heavy (non-hydrogen) atoms. The Morgan fingerprint density at radius 3 is 2.75 bits per heavy atom. The molecule has 1 amide bonds. The lowest BCUT2D eigenvalue weighted by Gasteiger charge is -2.03. The minimum Gasteiger partial charge on any atom is -0.493 e. The summed E-state index contributed by atoms with van der Waals surface area (Å²) in [6.45, 7) is 4.22. The second-order valence-corrected chi connectivity index (χ2v) is 5.62. The highest BCUT2D eigenvalue weighted by Crippen LogP contribution is 2.17. The summed E-state index contributed by atoms with van der Waals surface area (Å²) >= 11 is 1.38. The van der Waals surface area contributed by atoms with Crippen LogP contribution in [-0.2, 0) is 11.2 Å². The SMILES string of the molecule is CC(C)C(=O)Nc1nnc(CCOc2ccccc2)s1. The van der Waals surface area contributed by atoms with E-state index in [9.17, 15) is 4.79 Å². The largest absolute Gasteiger partial charge is 0.493 e. The quantitative estimate of drug-likeness (QED) is 0.889. The Morgan fingerprint density at radius 2 is 2.05 bits per heavy atom. The first-order chi connectivity index (χ1) is 9.65. The molecule has 5 nitrogen and oxygen atoms in total.